The van der Waals surface area contributed by atoms with Gasteiger partial charge in [0.2, 0.25) is 0 Å². The first-order chi connectivity index (χ1) is 18.0. The van der Waals surface area contributed by atoms with Crippen molar-refractivity contribution in [3.05, 3.63) is 125 Å². The molecule has 0 saturated heterocycles. The minimum Gasteiger partial charge on any atom is -0.497 e. The molecule has 3 aromatic carbocycles. The fourth-order valence-electron chi connectivity index (χ4n) is 4.25. The van der Waals surface area contributed by atoms with Crippen LogP contribution in [0.25, 0.3) is 0 Å². The zero-order valence-corrected chi connectivity index (χ0v) is 21.3. The van der Waals surface area contributed by atoms with E-state index in [1.807, 2.05) is 61.5 Å². The van der Waals surface area contributed by atoms with Crippen LogP contribution < -0.4 is 10.1 Å². The molecule has 1 amide bonds. The van der Waals surface area contributed by atoms with Gasteiger partial charge >= 0.3 is 0 Å². The number of hydrogen-bond acceptors (Lipinski definition) is 4. The second kappa shape index (κ2) is 12.9. The summed E-state index contributed by atoms with van der Waals surface area (Å²) >= 11 is 0. The molecule has 1 N–H and O–H groups in total. The summed E-state index contributed by atoms with van der Waals surface area (Å²) in [6, 6.07) is 28.2. The Bertz CT molecular complexity index is 1270. The zero-order valence-electron chi connectivity index (χ0n) is 21.3. The van der Waals surface area contributed by atoms with Crippen LogP contribution >= 0.6 is 0 Å². The number of methoxy groups -OCH3 is 1. The van der Waals surface area contributed by atoms with Crippen LogP contribution in [0.1, 0.15) is 46.3 Å². The molecule has 6 heteroatoms. The Hall–Kier alpha value is -3.90. The molecule has 0 fully saturated rings. The van der Waals surface area contributed by atoms with Crippen LogP contribution in [-0.2, 0) is 26.1 Å². The molecule has 0 aliphatic carbocycles. The summed E-state index contributed by atoms with van der Waals surface area (Å²) < 4.78 is 25.0. The molecule has 5 nitrogen and oxygen atoms in total. The zero-order chi connectivity index (χ0) is 26.0. The Balaban J connectivity index is 1.39. The van der Waals surface area contributed by atoms with E-state index in [0.717, 1.165) is 29.7 Å². The van der Waals surface area contributed by atoms with Crippen molar-refractivity contribution < 1.29 is 18.3 Å². The van der Waals surface area contributed by atoms with Crippen molar-refractivity contribution in [2.45, 2.75) is 45.4 Å². The average Bonchev–Trinajstić information content (AvgIpc) is 3.37. The highest BCUT2D eigenvalue weighted by Gasteiger charge is 2.16. The molecule has 0 bridgehead atoms. The fourth-order valence-corrected chi connectivity index (χ4v) is 4.25. The van der Waals surface area contributed by atoms with E-state index in [2.05, 4.69) is 22.3 Å². The normalized spacial score (nSPS) is 11.9. The molecule has 1 atom stereocenters. The van der Waals surface area contributed by atoms with Crippen LogP contribution in [0.15, 0.2) is 95.4 Å². The number of rotatable bonds is 12. The summed E-state index contributed by atoms with van der Waals surface area (Å²) in [5, 5.41) is 3.03. The van der Waals surface area contributed by atoms with Gasteiger partial charge in [-0.3, -0.25) is 9.69 Å². The highest BCUT2D eigenvalue weighted by Crippen LogP contribution is 2.19. The van der Waals surface area contributed by atoms with Crippen molar-refractivity contribution in [3.8, 4) is 5.75 Å². The number of hydrogen-bond donors (Lipinski definition) is 1. The van der Waals surface area contributed by atoms with Gasteiger partial charge in [-0.05, 0) is 72.9 Å². The van der Waals surface area contributed by atoms with E-state index in [0.29, 0.717) is 25.4 Å². The van der Waals surface area contributed by atoms with E-state index in [9.17, 15) is 9.18 Å². The van der Waals surface area contributed by atoms with Crippen LogP contribution in [0.3, 0.4) is 0 Å². The highest BCUT2D eigenvalue weighted by atomic mass is 19.1. The van der Waals surface area contributed by atoms with Crippen molar-refractivity contribution in [2.24, 2.45) is 0 Å². The lowest BCUT2D eigenvalue weighted by Gasteiger charge is -2.22. The highest BCUT2D eigenvalue weighted by molar-refractivity contribution is 5.91. The Morgan fingerprint density at radius 3 is 2.35 bits per heavy atom. The summed E-state index contributed by atoms with van der Waals surface area (Å²) in [5.41, 5.74) is 3.21. The Morgan fingerprint density at radius 2 is 1.62 bits per heavy atom. The number of nitrogens with zero attached hydrogens (tertiary/aromatic N) is 1. The molecule has 1 aromatic heterocycles. The van der Waals surface area contributed by atoms with Gasteiger partial charge in [0.15, 0.2) is 5.76 Å². The number of ether oxygens (including phenoxy) is 1. The van der Waals surface area contributed by atoms with Gasteiger partial charge in [-0.1, -0.05) is 54.6 Å². The summed E-state index contributed by atoms with van der Waals surface area (Å²) in [7, 11) is 1.64. The van der Waals surface area contributed by atoms with Crippen molar-refractivity contribution in [3.63, 3.8) is 0 Å². The summed E-state index contributed by atoms with van der Waals surface area (Å²) in [4.78, 5) is 14.9. The smallest absolute Gasteiger partial charge is 0.287 e. The van der Waals surface area contributed by atoms with Crippen molar-refractivity contribution in [2.75, 3.05) is 7.11 Å². The van der Waals surface area contributed by atoms with Gasteiger partial charge < -0.3 is 14.5 Å². The van der Waals surface area contributed by atoms with E-state index in [-0.39, 0.29) is 23.5 Å². The third-order valence-electron chi connectivity index (χ3n) is 6.21. The molecule has 0 saturated carbocycles. The second-order valence-electron chi connectivity index (χ2n) is 9.29. The molecule has 4 rings (SSSR count). The van der Waals surface area contributed by atoms with E-state index in [1.165, 1.54) is 11.6 Å². The van der Waals surface area contributed by atoms with Gasteiger partial charge in [0, 0.05) is 19.1 Å². The number of halogens is 1. The Labute approximate surface area is 217 Å². The molecule has 0 aliphatic rings. The van der Waals surface area contributed by atoms with Crippen LogP contribution in [0.5, 0.6) is 5.75 Å². The first-order valence-corrected chi connectivity index (χ1v) is 12.5. The Kier molecular flexibility index (Phi) is 9.11. The average molecular weight is 501 g/mol. The molecule has 1 unspecified atom stereocenters. The molecule has 37 heavy (non-hydrogen) atoms. The Morgan fingerprint density at radius 1 is 0.892 bits per heavy atom. The van der Waals surface area contributed by atoms with E-state index >= 15 is 0 Å². The lowest BCUT2D eigenvalue weighted by Crippen LogP contribution is -2.32. The quantitative estimate of drug-likeness (QED) is 0.245. The minimum absolute atomic E-state index is 0.0146. The summed E-state index contributed by atoms with van der Waals surface area (Å²) in [5.74, 6) is 1.27. The lowest BCUT2D eigenvalue weighted by atomic mass is 10.1. The largest absolute Gasteiger partial charge is 0.497 e. The van der Waals surface area contributed by atoms with Gasteiger partial charge in [-0.25, -0.2) is 4.39 Å². The SMILES string of the molecule is COc1ccc(CN(Cc2cccc(F)c2)Cc2ccc(C(=O)NC(C)CCc3ccccc3)o2)cc1. The molecular weight excluding hydrogens is 467 g/mol. The van der Waals surface area contributed by atoms with E-state index in [1.54, 1.807) is 25.3 Å². The molecule has 4 aromatic rings. The molecule has 0 aliphatic heterocycles. The molecular formula is C31H33FN2O3. The maximum Gasteiger partial charge on any atom is 0.287 e. The summed E-state index contributed by atoms with van der Waals surface area (Å²) in [6.45, 7) is 3.63. The first-order valence-electron chi connectivity index (χ1n) is 12.5. The monoisotopic (exact) mass is 500 g/mol. The minimum atomic E-state index is -0.264. The van der Waals surface area contributed by atoms with Crippen LogP contribution in [-0.4, -0.2) is 24.0 Å². The predicted molar refractivity (Wildman–Crippen MR) is 143 cm³/mol. The number of aryl methyl sites for hydroxylation is 1. The number of benzene rings is 3. The van der Waals surface area contributed by atoms with E-state index in [4.69, 9.17) is 9.15 Å². The van der Waals surface area contributed by atoms with Crippen LogP contribution in [0, 0.1) is 5.82 Å². The van der Waals surface area contributed by atoms with Crippen molar-refractivity contribution in [1.82, 2.24) is 10.2 Å². The molecule has 192 valence electrons. The maximum atomic E-state index is 13.8. The number of carbonyl (C=O) groups is 1. The van der Waals surface area contributed by atoms with Gasteiger partial charge in [0.1, 0.15) is 17.3 Å². The third kappa shape index (κ3) is 8.05. The van der Waals surface area contributed by atoms with Crippen LogP contribution in [0.2, 0.25) is 0 Å². The van der Waals surface area contributed by atoms with Gasteiger partial charge in [0.25, 0.3) is 5.91 Å². The number of carbonyl (C=O) groups excluding carboxylic acids is 1. The molecule has 1 heterocycles. The predicted octanol–water partition coefficient (Wildman–Crippen LogP) is 6.38. The topological polar surface area (TPSA) is 54.7 Å². The molecule has 0 radical (unpaired) electrons. The lowest BCUT2D eigenvalue weighted by molar-refractivity contribution is 0.0906. The van der Waals surface area contributed by atoms with Gasteiger partial charge in [0.05, 0.1) is 13.7 Å². The van der Waals surface area contributed by atoms with Crippen LogP contribution in [0.4, 0.5) is 4.39 Å². The van der Waals surface area contributed by atoms with Crippen molar-refractivity contribution >= 4 is 5.91 Å². The van der Waals surface area contributed by atoms with E-state index < -0.39 is 0 Å². The fraction of sp³-hybridized carbons (Fsp3) is 0.258. The molecule has 0 spiro atoms. The number of nitrogens with one attached hydrogen (secondary N) is 1. The maximum absolute atomic E-state index is 13.8. The van der Waals surface area contributed by atoms with Crippen molar-refractivity contribution in [1.29, 1.82) is 0 Å². The second-order valence-corrected chi connectivity index (χ2v) is 9.29. The number of furan rings is 1. The van der Waals surface area contributed by atoms with Gasteiger partial charge in [-0.2, -0.15) is 0 Å². The summed E-state index contributed by atoms with van der Waals surface area (Å²) in [6.07, 6.45) is 1.73. The number of amides is 1. The van der Waals surface area contributed by atoms with Gasteiger partial charge in [-0.15, -0.1) is 0 Å². The standard InChI is InChI=1S/C31H33FN2O3/c1-23(11-12-24-7-4-3-5-8-24)33-31(35)30-18-17-29(37-30)22-34(21-26-9-6-10-27(32)19-26)20-25-13-15-28(36-2)16-14-25/h3-10,13-19,23H,11-12,20-22H2,1-2H3,(H,33,35). The third-order valence-corrected chi connectivity index (χ3v) is 6.21. The first kappa shape index (κ1) is 26.2.